The minimum atomic E-state index is -4.98. The van der Waals surface area contributed by atoms with Crippen LogP contribution in [0.5, 0.6) is 5.75 Å². The number of alkyl halides is 3. The topological polar surface area (TPSA) is 49.8 Å². The van der Waals surface area contributed by atoms with Crippen LogP contribution in [0.3, 0.4) is 0 Å². The van der Waals surface area contributed by atoms with Crippen LogP contribution in [0.1, 0.15) is 24.0 Å². The molecule has 27 heavy (non-hydrogen) atoms. The number of aliphatic hydroxyl groups is 1. The molecule has 144 valence electrons. The van der Waals surface area contributed by atoms with Crippen molar-refractivity contribution in [1.29, 1.82) is 0 Å². The third-order valence-electron chi connectivity index (χ3n) is 4.92. The Balaban J connectivity index is 2.14. The lowest BCUT2D eigenvalue weighted by molar-refractivity contribution is -0.274. The maximum absolute atomic E-state index is 14.0. The van der Waals surface area contributed by atoms with Gasteiger partial charge in [0.05, 0.1) is 5.69 Å². The van der Waals surface area contributed by atoms with Crippen LogP contribution < -0.4 is 9.64 Å². The average molecular weight is 400 g/mol. The van der Waals surface area contributed by atoms with E-state index >= 15 is 0 Å². The highest BCUT2D eigenvalue weighted by Gasteiger charge is 2.59. The normalized spacial score (nSPS) is 17.7. The molecule has 0 bridgehead atoms. The molecule has 1 heterocycles. The van der Waals surface area contributed by atoms with Crippen molar-refractivity contribution in [3.05, 3.63) is 58.6 Å². The Morgan fingerprint density at radius 3 is 2.52 bits per heavy atom. The Kier molecular flexibility index (Phi) is 4.86. The number of carbonyl (C=O) groups is 1. The van der Waals surface area contributed by atoms with Gasteiger partial charge in [-0.05, 0) is 29.3 Å². The fourth-order valence-electron chi connectivity index (χ4n) is 3.23. The van der Waals surface area contributed by atoms with Crippen LogP contribution >= 0.6 is 11.6 Å². The van der Waals surface area contributed by atoms with Crippen molar-refractivity contribution in [2.75, 3.05) is 18.6 Å². The number of anilines is 1. The van der Waals surface area contributed by atoms with Gasteiger partial charge in [-0.3, -0.25) is 4.79 Å². The molecule has 0 fully saturated rings. The number of nitrogens with zero attached hydrogens (tertiary/aromatic N) is 1. The first-order chi connectivity index (χ1) is 12.6. The highest BCUT2D eigenvalue weighted by Crippen LogP contribution is 2.51. The molecule has 2 aromatic rings. The summed E-state index contributed by atoms with van der Waals surface area (Å²) in [6.07, 6.45) is -4.98. The molecular formula is C19H17ClF3NO3. The van der Waals surface area contributed by atoms with E-state index in [0.717, 1.165) is 12.1 Å². The lowest BCUT2D eigenvalue weighted by Gasteiger charge is -2.37. The third-order valence-corrected chi connectivity index (χ3v) is 5.26. The fourth-order valence-corrected chi connectivity index (χ4v) is 3.52. The van der Waals surface area contributed by atoms with E-state index in [0.29, 0.717) is 5.69 Å². The summed E-state index contributed by atoms with van der Waals surface area (Å²) in [5.41, 5.74) is -3.07. The molecule has 1 aliphatic rings. The highest BCUT2D eigenvalue weighted by molar-refractivity contribution is 6.31. The van der Waals surface area contributed by atoms with Gasteiger partial charge in [0.1, 0.15) is 5.75 Å². The van der Waals surface area contributed by atoms with E-state index in [2.05, 4.69) is 0 Å². The molecule has 0 aliphatic carbocycles. The van der Waals surface area contributed by atoms with Gasteiger partial charge < -0.3 is 14.7 Å². The van der Waals surface area contributed by atoms with Crippen molar-refractivity contribution >= 4 is 23.2 Å². The lowest BCUT2D eigenvalue weighted by atomic mass is 9.77. The van der Waals surface area contributed by atoms with Gasteiger partial charge in [0.15, 0.2) is 12.2 Å². The van der Waals surface area contributed by atoms with Crippen LogP contribution in [-0.4, -0.2) is 30.8 Å². The van der Waals surface area contributed by atoms with Gasteiger partial charge in [-0.25, -0.2) is 0 Å². The van der Waals surface area contributed by atoms with E-state index in [1.807, 2.05) is 0 Å². The Labute approximate surface area is 159 Å². The molecule has 2 unspecified atom stereocenters. The second kappa shape index (κ2) is 6.73. The van der Waals surface area contributed by atoms with Gasteiger partial charge in [-0.2, -0.15) is 13.2 Å². The maximum Gasteiger partial charge on any atom is 0.422 e. The molecule has 0 spiro atoms. The van der Waals surface area contributed by atoms with Gasteiger partial charge in [0, 0.05) is 18.0 Å². The summed E-state index contributed by atoms with van der Waals surface area (Å²) in [5, 5.41) is 11.0. The number of halogens is 4. The Morgan fingerprint density at radius 2 is 1.89 bits per heavy atom. The predicted octanol–water partition coefficient (Wildman–Crippen LogP) is 4.25. The lowest BCUT2D eigenvalue weighted by Crippen LogP contribution is -2.46. The minimum Gasteiger partial charge on any atom is -0.482 e. The van der Waals surface area contributed by atoms with Crippen LogP contribution in [0, 0.1) is 0 Å². The van der Waals surface area contributed by atoms with Crippen molar-refractivity contribution in [1.82, 2.24) is 0 Å². The van der Waals surface area contributed by atoms with Crippen molar-refractivity contribution in [2.45, 2.75) is 24.6 Å². The molecule has 2 atom stereocenters. The Morgan fingerprint density at radius 1 is 1.22 bits per heavy atom. The summed E-state index contributed by atoms with van der Waals surface area (Å²) >= 11 is 6.07. The second-order valence-corrected chi connectivity index (χ2v) is 6.84. The SMILES string of the molecule is CC(c1ccccc1Cl)C(O)(c1ccc2c(c1)OCC(=O)N2C)C(F)(F)F. The first-order valence-corrected chi connectivity index (χ1v) is 8.52. The zero-order valence-corrected chi connectivity index (χ0v) is 15.3. The standard InChI is InChI=1S/C19H17ClF3NO3/c1-11(13-5-3-4-6-14(13)20)18(26,19(21,22)23)12-7-8-15-16(9-12)27-10-17(25)24(15)2/h3-9,11,26H,10H2,1-2H3. The molecule has 2 aromatic carbocycles. The van der Waals surface area contributed by atoms with Crippen LogP contribution in [-0.2, 0) is 10.4 Å². The van der Waals surface area contributed by atoms with Crippen molar-refractivity contribution < 1.29 is 27.8 Å². The van der Waals surface area contributed by atoms with Gasteiger partial charge >= 0.3 is 6.18 Å². The summed E-state index contributed by atoms with van der Waals surface area (Å²) in [7, 11) is 1.51. The number of hydrogen-bond donors (Lipinski definition) is 1. The van der Waals surface area contributed by atoms with Crippen molar-refractivity contribution in [3.63, 3.8) is 0 Å². The smallest absolute Gasteiger partial charge is 0.422 e. The first-order valence-electron chi connectivity index (χ1n) is 8.14. The highest BCUT2D eigenvalue weighted by atomic mass is 35.5. The largest absolute Gasteiger partial charge is 0.482 e. The van der Waals surface area contributed by atoms with Crippen LogP contribution in [0.25, 0.3) is 0 Å². The summed E-state index contributed by atoms with van der Waals surface area (Å²) in [5.74, 6) is -1.60. The fraction of sp³-hybridized carbons (Fsp3) is 0.316. The second-order valence-electron chi connectivity index (χ2n) is 6.43. The molecule has 1 N–H and O–H groups in total. The van der Waals surface area contributed by atoms with E-state index in [1.165, 1.54) is 37.1 Å². The quantitative estimate of drug-likeness (QED) is 0.839. The molecular weight excluding hydrogens is 383 g/mol. The molecule has 0 saturated carbocycles. The summed E-state index contributed by atoms with van der Waals surface area (Å²) in [6.45, 7) is 0.988. The van der Waals surface area contributed by atoms with E-state index in [1.54, 1.807) is 12.1 Å². The first kappa shape index (κ1) is 19.5. The molecule has 3 rings (SSSR count). The minimum absolute atomic E-state index is 0.101. The number of rotatable bonds is 3. The van der Waals surface area contributed by atoms with Crippen molar-refractivity contribution in [2.24, 2.45) is 0 Å². The van der Waals surface area contributed by atoms with Gasteiger partial charge in [0.2, 0.25) is 0 Å². The van der Waals surface area contributed by atoms with Gasteiger partial charge in [0.25, 0.3) is 5.91 Å². The van der Waals surface area contributed by atoms with E-state index in [-0.39, 0.29) is 34.4 Å². The number of ether oxygens (including phenoxy) is 1. The van der Waals surface area contributed by atoms with E-state index < -0.39 is 17.7 Å². The number of carbonyl (C=O) groups excluding carboxylic acids is 1. The Hall–Kier alpha value is -2.25. The molecule has 1 amide bonds. The number of amides is 1. The monoisotopic (exact) mass is 399 g/mol. The summed E-state index contributed by atoms with van der Waals surface area (Å²) < 4.78 is 47.4. The van der Waals surface area contributed by atoms with E-state index in [4.69, 9.17) is 16.3 Å². The molecule has 4 nitrogen and oxygen atoms in total. The predicted molar refractivity (Wildman–Crippen MR) is 95.2 cm³/mol. The van der Waals surface area contributed by atoms with Crippen molar-refractivity contribution in [3.8, 4) is 5.75 Å². The zero-order chi connectivity index (χ0) is 20.0. The molecule has 0 saturated heterocycles. The van der Waals surface area contributed by atoms with Gasteiger partial charge in [-0.1, -0.05) is 42.8 Å². The number of hydrogen-bond acceptors (Lipinski definition) is 3. The molecule has 0 radical (unpaired) electrons. The molecule has 8 heteroatoms. The van der Waals surface area contributed by atoms with E-state index in [9.17, 15) is 23.1 Å². The summed E-state index contributed by atoms with van der Waals surface area (Å²) in [4.78, 5) is 13.0. The maximum atomic E-state index is 14.0. The van der Waals surface area contributed by atoms with Crippen LogP contribution in [0.4, 0.5) is 18.9 Å². The van der Waals surface area contributed by atoms with Gasteiger partial charge in [-0.15, -0.1) is 0 Å². The van der Waals surface area contributed by atoms with Crippen LogP contribution in [0.15, 0.2) is 42.5 Å². The Bertz CT molecular complexity index is 887. The summed E-state index contributed by atoms with van der Waals surface area (Å²) in [6, 6.07) is 9.69. The van der Waals surface area contributed by atoms with Crippen LogP contribution in [0.2, 0.25) is 5.02 Å². The average Bonchev–Trinajstić information content (AvgIpc) is 2.62. The number of benzene rings is 2. The molecule has 1 aliphatic heterocycles. The number of likely N-dealkylation sites (N-methyl/N-ethyl adjacent to an activating group) is 1. The molecule has 0 aromatic heterocycles. The third kappa shape index (κ3) is 3.15. The zero-order valence-electron chi connectivity index (χ0n) is 14.5. The number of fused-ring (bicyclic) bond motifs is 1.